The number of carbonyl (C=O) groups excluding carboxylic acids is 2. The second kappa shape index (κ2) is 4.83. The first-order chi connectivity index (χ1) is 5.07. The number of carbonyl (C=O) groups is 2. The van der Waals surface area contributed by atoms with Gasteiger partial charge in [-0.1, -0.05) is 6.08 Å². The second-order valence-electron chi connectivity index (χ2n) is 2.60. The molecule has 0 radical (unpaired) electrons. The highest BCUT2D eigenvalue weighted by Crippen LogP contribution is 2.01. The van der Waals surface area contributed by atoms with E-state index in [9.17, 15) is 9.59 Å². The Bertz CT molecular complexity index is 190. The first-order valence-corrected chi connectivity index (χ1v) is 3.73. The van der Waals surface area contributed by atoms with Crippen molar-refractivity contribution in [3.05, 3.63) is 11.6 Å². The summed E-state index contributed by atoms with van der Waals surface area (Å²) in [7, 11) is 0. The molecule has 0 atom stereocenters. The van der Waals surface area contributed by atoms with Gasteiger partial charge in [0, 0.05) is 12.8 Å². The van der Waals surface area contributed by atoms with Crippen molar-refractivity contribution >= 4 is 11.6 Å². The van der Waals surface area contributed by atoms with Gasteiger partial charge in [0.1, 0.15) is 5.78 Å². The predicted molar refractivity (Wildman–Crippen MR) is 44.4 cm³/mol. The van der Waals surface area contributed by atoms with Crippen LogP contribution in [0.1, 0.15) is 33.6 Å². The maximum Gasteiger partial charge on any atom is 0.158 e. The van der Waals surface area contributed by atoms with Gasteiger partial charge in [0.2, 0.25) is 0 Å². The zero-order chi connectivity index (χ0) is 8.85. The van der Waals surface area contributed by atoms with Crippen LogP contribution in [0.5, 0.6) is 0 Å². The average molecular weight is 154 g/mol. The van der Waals surface area contributed by atoms with Gasteiger partial charge >= 0.3 is 0 Å². The molecule has 0 aromatic rings. The van der Waals surface area contributed by atoms with Crippen LogP contribution >= 0.6 is 0 Å². The molecule has 2 nitrogen and oxygen atoms in total. The molecule has 0 heterocycles. The fourth-order valence-electron chi connectivity index (χ4n) is 0.648. The number of Topliss-reactive ketones (excluding diaryl/α,β-unsaturated/α-hetero) is 2. The fourth-order valence-corrected chi connectivity index (χ4v) is 0.648. The van der Waals surface area contributed by atoms with Crippen molar-refractivity contribution in [3.8, 4) is 0 Å². The zero-order valence-electron chi connectivity index (χ0n) is 7.31. The summed E-state index contributed by atoms with van der Waals surface area (Å²) >= 11 is 0. The maximum atomic E-state index is 11.1. The lowest BCUT2D eigenvalue weighted by molar-refractivity contribution is -0.121. The Morgan fingerprint density at radius 3 is 2.09 bits per heavy atom. The summed E-state index contributed by atoms with van der Waals surface area (Å²) in [6.07, 6.45) is 2.48. The quantitative estimate of drug-likeness (QED) is 0.579. The molecule has 0 bridgehead atoms. The van der Waals surface area contributed by atoms with E-state index < -0.39 is 0 Å². The third-order valence-electron chi connectivity index (χ3n) is 1.58. The van der Waals surface area contributed by atoms with E-state index in [1.807, 2.05) is 6.92 Å². The number of rotatable bonds is 4. The molecule has 0 fully saturated rings. The molecule has 0 spiro atoms. The molecule has 0 aromatic carbocycles. The van der Waals surface area contributed by atoms with Gasteiger partial charge in [-0.2, -0.15) is 0 Å². The van der Waals surface area contributed by atoms with Crippen molar-refractivity contribution in [1.82, 2.24) is 0 Å². The van der Waals surface area contributed by atoms with Crippen LogP contribution in [-0.4, -0.2) is 11.6 Å². The molecule has 0 aliphatic rings. The highest BCUT2D eigenvalue weighted by molar-refractivity contribution is 5.96. The topological polar surface area (TPSA) is 34.1 Å². The third kappa shape index (κ3) is 4.48. The minimum atomic E-state index is 0.0715. The lowest BCUT2D eigenvalue weighted by Gasteiger charge is -1.96. The zero-order valence-corrected chi connectivity index (χ0v) is 7.31. The number of hydrogen-bond donors (Lipinski definition) is 0. The molecule has 0 saturated heterocycles. The molecular formula is C9H14O2. The van der Waals surface area contributed by atoms with Gasteiger partial charge in [-0.3, -0.25) is 4.79 Å². The van der Waals surface area contributed by atoms with Crippen molar-refractivity contribution in [2.75, 3.05) is 0 Å². The van der Waals surface area contributed by atoms with Crippen LogP contribution in [0.3, 0.4) is 0 Å². The lowest BCUT2D eigenvalue weighted by Crippen LogP contribution is -2.02. The van der Waals surface area contributed by atoms with Crippen LogP contribution in [0.25, 0.3) is 0 Å². The summed E-state index contributed by atoms with van der Waals surface area (Å²) in [6.45, 7) is 5.09. The normalized spacial score (nSPS) is 11.4. The molecule has 0 aromatic heterocycles. The highest BCUT2D eigenvalue weighted by Gasteiger charge is 2.04. The largest absolute Gasteiger partial charge is 0.300 e. The van der Waals surface area contributed by atoms with Crippen LogP contribution in [0, 0.1) is 0 Å². The Balaban J connectivity index is 3.80. The van der Waals surface area contributed by atoms with Gasteiger partial charge in [0.25, 0.3) is 0 Å². The first kappa shape index (κ1) is 10.1. The van der Waals surface area contributed by atoms with Crippen LogP contribution < -0.4 is 0 Å². The summed E-state index contributed by atoms with van der Waals surface area (Å²) in [5.41, 5.74) is 0.742. The van der Waals surface area contributed by atoms with E-state index in [4.69, 9.17) is 0 Å². The van der Waals surface area contributed by atoms with Crippen molar-refractivity contribution < 1.29 is 9.59 Å². The van der Waals surface area contributed by atoms with E-state index in [0.717, 1.165) is 5.57 Å². The van der Waals surface area contributed by atoms with Gasteiger partial charge in [-0.05, 0) is 26.3 Å². The Kier molecular flexibility index (Phi) is 4.42. The number of ketones is 2. The Hall–Kier alpha value is -0.920. The van der Waals surface area contributed by atoms with Crippen LogP contribution in [0.15, 0.2) is 11.6 Å². The SMILES string of the molecule is C/C=C(\C)C(=O)CCC(C)=O. The molecule has 0 unspecified atom stereocenters. The van der Waals surface area contributed by atoms with Crippen LogP contribution in [-0.2, 0) is 9.59 Å². The molecule has 0 amide bonds. The van der Waals surface area contributed by atoms with Gasteiger partial charge < -0.3 is 4.79 Å². The van der Waals surface area contributed by atoms with E-state index >= 15 is 0 Å². The van der Waals surface area contributed by atoms with E-state index in [1.54, 1.807) is 13.0 Å². The molecule has 2 heteroatoms. The molecule has 0 N–H and O–H groups in total. The van der Waals surface area contributed by atoms with Crippen LogP contribution in [0.4, 0.5) is 0 Å². The molecular weight excluding hydrogens is 140 g/mol. The Morgan fingerprint density at radius 2 is 1.73 bits per heavy atom. The second-order valence-corrected chi connectivity index (χ2v) is 2.60. The number of allylic oxidation sites excluding steroid dienone is 2. The van der Waals surface area contributed by atoms with Gasteiger partial charge in [-0.25, -0.2) is 0 Å². The van der Waals surface area contributed by atoms with E-state index in [1.165, 1.54) is 6.92 Å². The van der Waals surface area contributed by atoms with Crippen molar-refractivity contribution in [1.29, 1.82) is 0 Å². The molecule has 62 valence electrons. The monoisotopic (exact) mass is 154 g/mol. The summed E-state index contributed by atoms with van der Waals surface area (Å²) in [4.78, 5) is 21.5. The van der Waals surface area contributed by atoms with E-state index in [2.05, 4.69) is 0 Å². The molecule has 0 rings (SSSR count). The minimum absolute atomic E-state index is 0.0715. The van der Waals surface area contributed by atoms with Gasteiger partial charge in [0.05, 0.1) is 0 Å². The smallest absolute Gasteiger partial charge is 0.158 e. The first-order valence-electron chi connectivity index (χ1n) is 3.73. The van der Waals surface area contributed by atoms with E-state index in [-0.39, 0.29) is 11.6 Å². The maximum absolute atomic E-state index is 11.1. The Morgan fingerprint density at radius 1 is 1.18 bits per heavy atom. The summed E-state index contributed by atoms with van der Waals surface area (Å²) < 4.78 is 0. The van der Waals surface area contributed by atoms with Gasteiger partial charge in [-0.15, -0.1) is 0 Å². The molecule has 0 aliphatic heterocycles. The Labute approximate surface area is 67.3 Å². The summed E-state index contributed by atoms with van der Waals surface area (Å²) in [5, 5.41) is 0. The summed E-state index contributed by atoms with van der Waals surface area (Å²) in [5.74, 6) is 0.143. The summed E-state index contributed by atoms with van der Waals surface area (Å²) in [6, 6.07) is 0. The molecule has 0 saturated carbocycles. The molecule has 0 aliphatic carbocycles. The van der Waals surface area contributed by atoms with Crippen molar-refractivity contribution in [2.24, 2.45) is 0 Å². The lowest BCUT2D eigenvalue weighted by atomic mass is 10.1. The highest BCUT2D eigenvalue weighted by atomic mass is 16.1. The molecule has 11 heavy (non-hydrogen) atoms. The van der Waals surface area contributed by atoms with E-state index in [0.29, 0.717) is 12.8 Å². The van der Waals surface area contributed by atoms with Crippen molar-refractivity contribution in [2.45, 2.75) is 33.6 Å². The van der Waals surface area contributed by atoms with Crippen molar-refractivity contribution in [3.63, 3.8) is 0 Å². The van der Waals surface area contributed by atoms with Crippen LogP contribution in [0.2, 0.25) is 0 Å². The third-order valence-corrected chi connectivity index (χ3v) is 1.58. The standard InChI is InChI=1S/C9H14O2/c1-4-7(2)9(11)6-5-8(3)10/h4H,5-6H2,1-3H3/b7-4+. The number of hydrogen-bond acceptors (Lipinski definition) is 2. The fraction of sp³-hybridized carbons (Fsp3) is 0.556. The average Bonchev–Trinajstić information content (AvgIpc) is 1.98. The minimum Gasteiger partial charge on any atom is -0.300 e. The predicted octanol–water partition coefficient (Wildman–Crippen LogP) is 1.89. The van der Waals surface area contributed by atoms with Gasteiger partial charge in [0.15, 0.2) is 5.78 Å².